The van der Waals surface area contributed by atoms with Gasteiger partial charge in [0.05, 0.1) is 44.8 Å². The average Bonchev–Trinajstić information content (AvgIpc) is 3.11. The fourth-order valence-electron chi connectivity index (χ4n) is 6.28. The van der Waals surface area contributed by atoms with Crippen molar-refractivity contribution in [3.63, 3.8) is 0 Å². The number of aryl methyl sites for hydroxylation is 2. The van der Waals surface area contributed by atoms with Gasteiger partial charge in [-0.3, -0.25) is 0 Å². The highest BCUT2D eigenvalue weighted by Crippen LogP contribution is 2.39. The van der Waals surface area contributed by atoms with Gasteiger partial charge in [0.2, 0.25) is 0 Å². The summed E-state index contributed by atoms with van der Waals surface area (Å²) in [4.78, 5) is 19.5. The van der Waals surface area contributed by atoms with Gasteiger partial charge in [-0.2, -0.15) is 0 Å². The molecule has 2 aromatic heterocycles. The third kappa shape index (κ3) is 5.00. The molecule has 0 atom stereocenters. The van der Waals surface area contributed by atoms with E-state index in [0.29, 0.717) is 0 Å². The number of rotatable bonds is 5. The average molecular weight is 591 g/mol. The largest absolute Gasteiger partial charge is 0.249 e. The molecule has 4 nitrogen and oxygen atoms in total. The second-order valence-corrected chi connectivity index (χ2v) is 11.5. The Balaban J connectivity index is 1.15. The van der Waals surface area contributed by atoms with Crippen LogP contribution in [-0.4, -0.2) is 19.9 Å². The second kappa shape index (κ2) is 11.5. The molecule has 46 heavy (non-hydrogen) atoms. The Morgan fingerprint density at radius 2 is 0.565 bits per heavy atom. The van der Waals surface area contributed by atoms with Gasteiger partial charge in [-0.15, -0.1) is 0 Å². The van der Waals surface area contributed by atoms with E-state index in [1.54, 1.807) is 0 Å². The minimum atomic E-state index is 0.905. The van der Waals surface area contributed by atoms with E-state index in [-0.39, 0.29) is 0 Å². The van der Waals surface area contributed by atoms with Crippen LogP contribution < -0.4 is 0 Å². The molecule has 0 radical (unpaired) electrons. The lowest BCUT2D eigenvalue weighted by molar-refractivity contribution is 1.19. The van der Waals surface area contributed by atoms with Crippen LogP contribution in [0.15, 0.2) is 146 Å². The van der Waals surface area contributed by atoms with Gasteiger partial charge in [0.1, 0.15) is 0 Å². The first-order valence-corrected chi connectivity index (χ1v) is 15.5. The van der Waals surface area contributed by atoms with Crippen LogP contribution in [0.2, 0.25) is 0 Å². The first kappa shape index (κ1) is 27.5. The molecule has 0 unspecified atom stereocenters. The van der Waals surface area contributed by atoms with Crippen molar-refractivity contribution in [1.29, 1.82) is 0 Å². The number of aromatic nitrogens is 4. The van der Waals surface area contributed by atoms with E-state index in [9.17, 15) is 0 Å². The zero-order valence-corrected chi connectivity index (χ0v) is 25.6. The predicted molar refractivity (Wildman–Crippen MR) is 189 cm³/mol. The van der Waals surface area contributed by atoms with Gasteiger partial charge in [0.25, 0.3) is 0 Å². The molecule has 0 aliphatic heterocycles. The van der Waals surface area contributed by atoms with Gasteiger partial charge in [-0.05, 0) is 71.5 Å². The number of para-hydroxylation sites is 4. The van der Waals surface area contributed by atoms with Crippen molar-refractivity contribution in [1.82, 2.24) is 19.9 Å². The van der Waals surface area contributed by atoms with Crippen molar-refractivity contribution >= 4 is 22.1 Å². The van der Waals surface area contributed by atoms with E-state index in [2.05, 4.69) is 97.1 Å². The lowest BCUT2D eigenvalue weighted by Crippen LogP contribution is -1.95. The molecule has 0 aliphatic rings. The van der Waals surface area contributed by atoms with Crippen LogP contribution in [0.1, 0.15) is 11.4 Å². The molecule has 0 spiro atoms. The Hall–Kier alpha value is -6.00. The summed E-state index contributed by atoms with van der Waals surface area (Å²) in [5.41, 5.74) is 16.5. The van der Waals surface area contributed by atoms with Crippen LogP contribution in [-0.2, 0) is 0 Å². The molecule has 0 saturated heterocycles. The lowest BCUT2D eigenvalue weighted by Gasteiger charge is -2.15. The van der Waals surface area contributed by atoms with Gasteiger partial charge >= 0.3 is 0 Å². The number of hydrogen-bond donors (Lipinski definition) is 0. The third-order valence-electron chi connectivity index (χ3n) is 8.57. The summed E-state index contributed by atoms with van der Waals surface area (Å²) in [5.74, 6) is 0. The summed E-state index contributed by atoms with van der Waals surface area (Å²) >= 11 is 0. The maximum absolute atomic E-state index is 4.93. The van der Waals surface area contributed by atoms with E-state index in [0.717, 1.165) is 67.1 Å². The fourth-order valence-corrected chi connectivity index (χ4v) is 6.28. The highest BCUT2D eigenvalue weighted by atomic mass is 14.8. The number of fused-ring (bicyclic) bond motifs is 2. The zero-order chi connectivity index (χ0) is 31.0. The molecule has 6 aromatic carbocycles. The van der Waals surface area contributed by atoms with Crippen LogP contribution in [0.25, 0.3) is 78.0 Å². The first-order chi connectivity index (χ1) is 22.6. The van der Waals surface area contributed by atoms with Crippen molar-refractivity contribution in [3.05, 3.63) is 157 Å². The first-order valence-electron chi connectivity index (χ1n) is 15.5. The number of hydrogen-bond acceptors (Lipinski definition) is 4. The van der Waals surface area contributed by atoms with Crippen LogP contribution in [0.4, 0.5) is 0 Å². The monoisotopic (exact) mass is 590 g/mol. The van der Waals surface area contributed by atoms with Gasteiger partial charge < -0.3 is 0 Å². The topological polar surface area (TPSA) is 51.6 Å². The van der Waals surface area contributed by atoms with E-state index in [1.165, 1.54) is 22.3 Å². The van der Waals surface area contributed by atoms with E-state index < -0.39 is 0 Å². The Kier molecular flexibility index (Phi) is 6.88. The van der Waals surface area contributed by atoms with E-state index >= 15 is 0 Å². The van der Waals surface area contributed by atoms with Crippen molar-refractivity contribution in [2.45, 2.75) is 13.8 Å². The summed E-state index contributed by atoms with van der Waals surface area (Å²) in [6, 6.07) is 50.7. The Morgan fingerprint density at radius 1 is 0.283 bits per heavy atom. The molecule has 0 bridgehead atoms. The SMILES string of the molecule is Cc1nc2ccccc2nc1-c1ccc(-c2ccccc2-c2ccccc2-c2ccc(-c3nc4ccccc4nc3C)cc2)cc1. The highest BCUT2D eigenvalue weighted by Gasteiger charge is 2.14. The summed E-state index contributed by atoms with van der Waals surface area (Å²) in [5, 5.41) is 0. The minimum Gasteiger partial charge on any atom is -0.249 e. The Labute approximate surface area is 268 Å². The highest BCUT2D eigenvalue weighted by molar-refractivity contribution is 5.92. The molecule has 0 N–H and O–H groups in total. The van der Waals surface area contributed by atoms with Crippen LogP contribution in [0.3, 0.4) is 0 Å². The second-order valence-electron chi connectivity index (χ2n) is 11.5. The third-order valence-corrected chi connectivity index (χ3v) is 8.57. The lowest BCUT2D eigenvalue weighted by atomic mass is 9.89. The summed E-state index contributed by atoms with van der Waals surface area (Å²) < 4.78 is 0. The normalized spacial score (nSPS) is 11.3. The molecule has 8 aromatic rings. The summed E-state index contributed by atoms with van der Waals surface area (Å²) in [6.45, 7) is 4.05. The zero-order valence-electron chi connectivity index (χ0n) is 25.6. The molecular formula is C42H30N4. The molecule has 4 heteroatoms. The number of benzene rings is 6. The van der Waals surface area contributed by atoms with Crippen LogP contribution in [0.5, 0.6) is 0 Å². The van der Waals surface area contributed by atoms with Gasteiger partial charge in [-0.1, -0.05) is 121 Å². The van der Waals surface area contributed by atoms with Crippen molar-refractivity contribution < 1.29 is 0 Å². The van der Waals surface area contributed by atoms with Gasteiger partial charge in [0, 0.05) is 11.1 Å². The van der Waals surface area contributed by atoms with E-state index in [4.69, 9.17) is 19.9 Å². The molecule has 0 amide bonds. The molecule has 218 valence electrons. The van der Waals surface area contributed by atoms with Crippen molar-refractivity contribution in [2.75, 3.05) is 0 Å². The van der Waals surface area contributed by atoms with Crippen LogP contribution in [0, 0.1) is 13.8 Å². The summed E-state index contributed by atoms with van der Waals surface area (Å²) in [7, 11) is 0. The quantitative estimate of drug-likeness (QED) is 0.200. The fraction of sp³-hybridized carbons (Fsp3) is 0.0476. The summed E-state index contributed by atoms with van der Waals surface area (Å²) in [6.07, 6.45) is 0. The molecule has 0 saturated carbocycles. The Morgan fingerprint density at radius 3 is 0.935 bits per heavy atom. The minimum absolute atomic E-state index is 0.905. The molecule has 8 rings (SSSR count). The molecule has 0 fully saturated rings. The molecular weight excluding hydrogens is 560 g/mol. The molecule has 2 heterocycles. The van der Waals surface area contributed by atoms with Gasteiger partial charge in [-0.25, -0.2) is 19.9 Å². The Bertz CT molecular complexity index is 2200. The standard InChI is InChI=1S/C42H30N4/c1-27-41(45-39-17-9-7-15-37(39)43-27)31-23-19-29(20-24-31)33-11-3-5-13-35(33)36-14-6-4-12-34(36)30-21-25-32(26-22-30)42-28(2)44-38-16-8-10-18-40(38)46-42/h3-26H,1-2H3. The van der Waals surface area contributed by atoms with Gasteiger partial charge in [0.15, 0.2) is 0 Å². The number of nitrogens with zero attached hydrogens (tertiary/aromatic N) is 4. The van der Waals surface area contributed by atoms with Crippen LogP contribution >= 0.6 is 0 Å². The van der Waals surface area contributed by atoms with Crippen molar-refractivity contribution in [3.8, 4) is 55.9 Å². The maximum atomic E-state index is 4.93. The van der Waals surface area contributed by atoms with Crippen molar-refractivity contribution in [2.24, 2.45) is 0 Å². The smallest absolute Gasteiger partial charge is 0.0922 e. The predicted octanol–water partition coefficient (Wildman–Crippen LogP) is 10.5. The maximum Gasteiger partial charge on any atom is 0.0922 e. The molecule has 0 aliphatic carbocycles. The van der Waals surface area contributed by atoms with E-state index in [1.807, 2.05) is 62.4 Å².